The van der Waals surface area contributed by atoms with Crippen LogP contribution in [0.15, 0.2) is 61.1 Å². The first-order valence-electron chi connectivity index (χ1n) is 8.06. The molecule has 4 heteroatoms. The number of carbonyl (C=O) groups is 1. The number of aromatic amines is 1. The SMILES string of the molecule is CCC(=O)Cc1cccc(COc2ccccc2-c2cnc[nH]2)c1. The Hall–Kier alpha value is -2.88. The highest BCUT2D eigenvalue weighted by Crippen LogP contribution is 2.28. The summed E-state index contributed by atoms with van der Waals surface area (Å²) in [6, 6.07) is 15.9. The topological polar surface area (TPSA) is 55.0 Å². The van der Waals surface area contributed by atoms with E-state index in [1.165, 1.54) is 0 Å². The number of benzene rings is 2. The van der Waals surface area contributed by atoms with Crippen LogP contribution in [0.4, 0.5) is 0 Å². The number of hydrogen-bond donors (Lipinski definition) is 1. The van der Waals surface area contributed by atoms with Gasteiger partial charge in [0.25, 0.3) is 0 Å². The van der Waals surface area contributed by atoms with Crippen LogP contribution in [0.1, 0.15) is 24.5 Å². The molecule has 0 saturated carbocycles. The van der Waals surface area contributed by atoms with Crippen molar-refractivity contribution in [3.63, 3.8) is 0 Å². The van der Waals surface area contributed by atoms with Crippen LogP contribution < -0.4 is 4.74 Å². The monoisotopic (exact) mass is 320 g/mol. The summed E-state index contributed by atoms with van der Waals surface area (Å²) in [6.45, 7) is 2.35. The molecule has 1 heterocycles. The summed E-state index contributed by atoms with van der Waals surface area (Å²) >= 11 is 0. The molecule has 1 N–H and O–H groups in total. The molecule has 3 aromatic rings. The third-order valence-electron chi connectivity index (χ3n) is 3.86. The van der Waals surface area contributed by atoms with Crippen LogP contribution in [0.5, 0.6) is 5.75 Å². The Morgan fingerprint density at radius 1 is 1.12 bits per heavy atom. The summed E-state index contributed by atoms with van der Waals surface area (Å²) in [5, 5.41) is 0. The number of ether oxygens (including phenoxy) is 1. The molecule has 4 nitrogen and oxygen atoms in total. The summed E-state index contributed by atoms with van der Waals surface area (Å²) in [4.78, 5) is 18.8. The van der Waals surface area contributed by atoms with Gasteiger partial charge in [0, 0.05) is 18.4 Å². The Morgan fingerprint density at radius 3 is 2.75 bits per heavy atom. The molecule has 0 spiro atoms. The summed E-state index contributed by atoms with van der Waals surface area (Å²) in [5.41, 5.74) is 3.99. The van der Waals surface area contributed by atoms with Gasteiger partial charge in [-0.05, 0) is 23.3 Å². The molecule has 122 valence electrons. The average molecular weight is 320 g/mol. The first-order valence-corrected chi connectivity index (χ1v) is 8.06. The van der Waals surface area contributed by atoms with Gasteiger partial charge in [-0.15, -0.1) is 0 Å². The molecule has 0 atom stereocenters. The van der Waals surface area contributed by atoms with Crippen molar-refractivity contribution < 1.29 is 9.53 Å². The molecule has 2 aromatic carbocycles. The van der Waals surface area contributed by atoms with Gasteiger partial charge in [-0.1, -0.05) is 43.3 Å². The summed E-state index contributed by atoms with van der Waals surface area (Å²) in [5.74, 6) is 1.05. The van der Waals surface area contributed by atoms with Crippen molar-refractivity contribution in [2.24, 2.45) is 0 Å². The molecular weight excluding hydrogens is 300 g/mol. The minimum Gasteiger partial charge on any atom is -0.488 e. The van der Waals surface area contributed by atoms with E-state index >= 15 is 0 Å². The first-order chi connectivity index (χ1) is 11.8. The number of ketones is 1. The smallest absolute Gasteiger partial charge is 0.136 e. The molecule has 24 heavy (non-hydrogen) atoms. The highest BCUT2D eigenvalue weighted by molar-refractivity contribution is 5.80. The fraction of sp³-hybridized carbons (Fsp3) is 0.200. The molecule has 0 radical (unpaired) electrons. The normalized spacial score (nSPS) is 10.5. The average Bonchev–Trinajstić information content (AvgIpc) is 3.15. The quantitative estimate of drug-likeness (QED) is 0.710. The van der Waals surface area contributed by atoms with Crippen LogP contribution in [0.2, 0.25) is 0 Å². The van der Waals surface area contributed by atoms with Crippen LogP contribution in [-0.4, -0.2) is 15.8 Å². The molecule has 0 amide bonds. The van der Waals surface area contributed by atoms with Gasteiger partial charge < -0.3 is 9.72 Å². The zero-order valence-electron chi connectivity index (χ0n) is 13.7. The highest BCUT2D eigenvalue weighted by Gasteiger charge is 2.08. The van der Waals surface area contributed by atoms with E-state index in [4.69, 9.17) is 4.74 Å². The lowest BCUT2D eigenvalue weighted by molar-refractivity contribution is -0.118. The maximum atomic E-state index is 11.6. The van der Waals surface area contributed by atoms with E-state index in [1.807, 2.05) is 55.5 Å². The van der Waals surface area contributed by atoms with E-state index in [0.29, 0.717) is 19.4 Å². The van der Waals surface area contributed by atoms with Gasteiger partial charge >= 0.3 is 0 Å². The predicted molar refractivity (Wildman–Crippen MR) is 93.8 cm³/mol. The number of hydrogen-bond acceptors (Lipinski definition) is 3. The van der Waals surface area contributed by atoms with Crippen LogP contribution in [0, 0.1) is 0 Å². The lowest BCUT2D eigenvalue weighted by atomic mass is 10.1. The van der Waals surface area contributed by atoms with Gasteiger partial charge in [0.15, 0.2) is 0 Å². The number of carbonyl (C=O) groups excluding carboxylic acids is 1. The maximum absolute atomic E-state index is 11.6. The number of aromatic nitrogens is 2. The predicted octanol–water partition coefficient (Wildman–Crippen LogP) is 4.18. The first kappa shape index (κ1) is 16.0. The highest BCUT2D eigenvalue weighted by atomic mass is 16.5. The largest absolute Gasteiger partial charge is 0.488 e. The molecule has 0 saturated heterocycles. The summed E-state index contributed by atoms with van der Waals surface area (Å²) in [6.07, 6.45) is 4.48. The van der Waals surface area contributed by atoms with Crippen molar-refractivity contribution in [1.29, 1.82) is 0 Å². The molecule has 1 aromatic heterocycles. The minimum absolute atomic E-state index is 0.248. The fourth-order valence-corrected chi connectivity index (χ4v) is 2.56. The third kappa shape index (κ3) is 3.90. The van der Waals surface area contributed by atoms with Crippen molar-refractivity contribution >= 4 is 5.78 Å². The van der Waals surface area contributed by atoms with E-state index < -0.39 is 0 Å². The van der Waals surface area contributed by atoms with Crippen molar-refractivity contribution in [2.45, 2.75) is 26.4 Å². The molecule has 0 aliphatic rings. The minimum atomic E-state index is 0.248. The van der Waals surface area contributed by atoms with E-state index in [9.17, 15) is 4.79 Å². The zero-order chi connectivity index (χ0) is 16.8. The summed E-state index contributed by atoms with van der Waals surface area (Å²) in [7, 11) is 0. The number of nitrogens with one attached hydrogen (secondary N) is 1. The molecule has 0 aliphatic carbocycles. The second-order valence-corrected chi connectivity index (χ2v) is 5.64. The maximum Gasteiger partial charge on any atom is 0.136 e. The molecule has 0 bridgehead atoms. The molecular formula is C20H20N2O2. The zero-order valence-corrected chi connectivity index (χ0v) is 13.7. The second-order valence-electron chi connectivity index (χ2n) is 5.64. The molecule has 0 aliphatic heterocycles. The Labute approximate surface area is 141 Å². The van der Waals surface area contributed by atoms with Crippen molar-refractivity contribution in [2.75, 3.05) is 0 Å². The van der Waals surface area contributed by atoms with E-state index in [-0.39, 0.29) is 5.78 Å². The second kappa shape index (κ2) is 7.59. The Bertz CT molecular complexity index is 810. The Balaban J connectivity index is 1.73. The van der Waals surface area contributed by atoms with Gasteiger partial charge in [-0.25, -0.2) is 4.98 Å². The van der Waals surface area contributed by atoms with Crippen molar-refractivity contribution in [3.05, 3.63) is 72.2 Å². The molecule has 0 unspecified atom stereocenters. The van der Waals surface area contributed by atoms with Crippen LogP contribution in [0.25, 0.3) is 11.3 Å². The van der Waals surface area contributed by atoms with E-state index in [0.717, 1.165) is 28.1 Å². The molecule has 0 fully saturated rings. The van der Waals surface area contributed by atoms with E-state index in [1.54, 1.807) is 12.5 Å². The number of imidazole rings is 1. The van der Waals surface area contributed by atoms with Gasteiger partial charge in [0.05, 0.1) is 18.2 Å². The fourth-order valence-electron chi connectivity index (χ4n) is 2.56. The standard InChI is InChI=1S/C20H20N2O2/c1-2-17(23)11-15-6-5-7-16(10-15)13-24-20-9-4-3-8-18(20)19-12-21-14-22-19/h3-10,12,14H,2,11,13H2,1H3,(H,21,22). The van der Waals surface area contributed by atoms with Crippen molar-refractivity contribution in [3.8, 4) is 17.0 Å². The van der Waals surface area contributed by atoms with Crippen LogP contribution in [-0.2, 0) is 17.8 Å². The van der Waals surface area contributed by atoms with Gasteiger partial charge in [-0.2, -0.15) is 0 Å². The number of H-pyrrole nitrogens is 1. The van der Waals surface area contributed by atoms with Crippen molar-refractivity contribution in [1.82, 2.24) is 9.97 Å². The number of nitrogens with zero attached hydrogens (tertiary/aromatic N) is 1. The molecule has 3 rings (SSSR count). The number of Topliss-reactive ketones (excluding diaryl/α,β-unsaturated/α-hetero) is 1. The number of rotatable bonds is 7. The third-order valence-corrected chi connectivity index (χ3v) is 3.86. The lowest BCUT2D eigenvalue weighted by Gasteiger charge is -2.11. The van der Waals surface area contributed by atoms with Crippen LogP contribution in [0.3, 0.4) is 0 Å². The lowest BCUT2D eigenvalue weighted by Crippen LogP contribution is -2.02. The number of para-hydroxylation sites is 1. The Morgan fingerprint density at radius 2 is 1.96 bits per heavy atom. The Kier molecular flexibility index (Phi) is 5.06. The van der Waals surface area contributed by atoms with Gasteiger partial charge in [0.1, 0.15) is 18.1 Å². The van der Waals surface area contributed by atoms with E-state index in [2.05, 4.69) is 9.97 Å². The summed E-state index contributed by atoms with van der Waals surface area (Å²) < 4.78 is 6.00. The van der Waals surface area contributed by atoms with Gasteiger partial charge in [-0.3, -0.25) is 4.79 Å². The van der Waals surface area contributed by atoms with Crippen LogP contribution >= 0.6 is 0 Å². The van der Waals surface area contributed by atoms with Gasteiger partial charge in [0.2, 0.25) is 0 Å².